The van der Waals surface area contributed by atoms with Gasteiger partial charge in [-0.1, -0.05) is 0 Å². The van der Waals surface area contributed by atoms with Crippen molar-refractivity contribution in [2.75, 3.05) is 0 Å². The Kier molecular flexibility index (Phi) is 3.44. The second-order valence-electron chi connectivity index (χ2n) is 2.88. The van der Waals surface area contributed by atoms with Crippen LogP contribution in [0.15, 0.2) is 10.7 Å². The summed E-state index contributed by atoms with van der Waals surface area (Å²) in [5.74, 6) is -1.69. The highest BCUT2D eigenvalue weighted by Crippen LogP contribution is 2.36. The van der Waals surface area contributed by atoms with Crippen molar-refractivity contribution in [3.8, 4) is 6.08 Å². The van der Waals surface area contributed by atoms with E-state index in [4.69, 9.17) is 5.11 Å². The van der Waals surface area contributed by atoms with E-state index >= 15 is 0 Å². The van der Waals surface area contributed by atoms with E-state index in [2.05, 4.69) is 14.1 Å². The molecule has 102 valence electrons. The lowest BCUT2D eigenvalue weighted by Gasteiger charge is -2.21. The number of carbonyl (C=O) groups is 1. The molecule has 0 saturated carbocycles. The van der Waals surface area contributed by atoms with E-state index in [1.807, 2.05) is 0 Å². The topological polar surface area (TPSA) is 72.6 Å². The molecule has 1 aromatic heterocycles. The summed E-state index contributed by atoms with van der Waals surface area (Å²) >= 11 is 0. The fourth-order valence-electron chi connectivity index (χ4n) is 0.830. The summed E-state index contributed by atoms with van der Waals surface area (Å²) in [5.41, 5.74) is -0.881. The number of alkyl halides is 6. The van der Waals surface area contributed by atoms with Crippen LogP contribution in [0.3, 0.4) is 0 Å². The maximum atomic E-state index is 12.0. The Morgan fingerprint density at radius 3 is 2.11 bits per heavy atom. The summed E-state index contributed by atoms with van der Waals surface area (Å²) < 4.78 is 79.7. The van der Waals surface area contributed by atoms with Crippen LogP contribution < -0.4 is 4.74 Å². The van der Waals surface area contributed by atoms with Crippen LogP contribution in [0.1, 0.15) is 10.5 Å². The van der Waals surface area contributed by atoms with Crippen LogP contribution in [0.4, 0.5) is 26.3 Å². The molecule has 0 fully saturated rings. The minimum Gasteiger partial charge on any atom is -0.476 e. The number of aromatic nitrogens is 1. The van der Waals surface area contributed by atoms with Gasteiger partial charge >= 0.3 is 24.4 Å². The van der Waals surface area contributed by atoms with E-state index in [0.29, 0.717) is 6.26 Å². The SMILES string of the molecule is O=C(O)c1coc(OC(C(F)(F)F)C(F)(F)F)n1. The summed E-state index contributed by atoms with van der Waals surface area (Å²) in [7, 11) is 0. The number of carboxylic acid groups (broad SMARTS) is 1. The molecular weight excluding hydrogens is 276 g/mol. The van der Waals surface area contributed by atoms with E-state index in [1.165, 1.54) is 0 Å². The van der Waals surface area contributed by atoms with Crippen LogP contribution >= 0.6 is 0 Å². The van der Waals surface area contributed by atoms with E-state index in [-0.39, 0.29) is 0 Å². The van der Waals surface area contributed by atoms with Gasteiger partial charge in [-0.3, -0.25) is 0 Å². The van der Waals surface area contributed by atoms with Crippen molar-refractivity contribution in [1.29, 1.82) is 0 Å². The van der Waals surface area contributed by atoms with Crippen molar-refractivity contribution in [1.82, 2.24) is 4.98 Å². The molecule has 1 aromatic rings. The van der Waals surface area contributed by atoms with Crippen molar-refractivity contribution >= 4 is 5.97 Å². The molecule has 1 heterocycles. The molecule has 0 atom stereocenters. The second kappa shape index (κ2) is 4.38. The highest BCUT2D eigenvalue weighted by atomic mass is 19.4. The number of ether oxygens (including phenoxy) is 1. The minimum atomic E-state index is -5.74. The zero-order chi connectivity index (χ0) is 14.1. The standard InChI is InChI=1S/C7H3F6NO4/c8-6(9,10)4(7(11,12)13)18-5-14-2(1-17-5)3(15)16/h1,4H,(H,15,16). The lowest BCUT2D eigenvalue weighted by atomic mass is 10.3. The highest BCUT2D eigenvalue weighted by molar-refractivity contribution is 5.84. The molecule has 0 amide bonds. The molecule has 11 heteroatoms. The van der Waals surface area contributed by atoms with Gasteiger partial charge in [-0.2, -0.15) is 31.3 Å². The zero-order valence-corrected chi connectivity index (χ0v) is 8.04. The number of aromatic carboxylic acids is 1. The number of halogens is 6. The number of carboxylic acids is 1. The van der Waals surface area contributed by atoms with Crippen LogP contribution in [0, 0.1) is 0 Å². The van der Waals surface area contributed by atoms with Crippen molar-refractivity contribution in [2.45, 2.75) is 18.5 Å². The smallest absolute Gasteiger partial charge is 0.434 e. The van der Waals surface area contributed by atoms with E-state index < -0.39 is 36.2 Å². The summed E-state index contributed by atoms with van der Waals surface area (Å²) in [5, 5.41) is 8.33. The third-order valence-electron chi connectivity index (χ3n) is 1.52. The van der Waals surface area contributed by atoms with Gasteiger partial charge in [0.2, 0.25) is 0 Å². The maximum Gasteiger partial charge on any atom is 0.434 e. The predicted molar refractivity (Wildman–Crippen MR) is 40.0 cm³/mol. The van der Waals surface area contributed by atoms with Crippen molar-refractivity contribution in [3.63, 3.8) is 0 Å². The molecule has 0 radical (unpaired) electrons. The third-order valence-corrected chi connectivity index (χ3v) is 1.52. The molecule has 0 aliphatic rings. The summed E-state index contributed by atoms with van der Waals surface area (Å²) in [4.78, 5) is 13.1. The molecule has 0 aromatic carbocycles. The molecule has 18 heavy (non-hydrogen) atoms. The van der Waals surface area contributed by atoms with E-state index in [0.717, 1.165) is 0 Å². The monoisotopic (exact) mass is 279 g/mol. The van der Waals surface area contributed by atoms with Crippen LogP contribution in [0.2, 0.25) is 0 Å². The molecule has 0 saturated heterocycles. The zero-order valence-electron chi connectivity index (χ0n) is 8.04. The van der Waals surface area contributed by atoms with Crippen LogP contribution in [-0.2, 0) is 0 Å². The van der Waals surface area contributed by atoms with Crippen molar-refractivity contribution in [2.24, 2.45) is 0 Å². The molecular formula is C7H3F6NO4. The number of hydrogen-bond acceptors (Lipinski definition) is 4. The van der Waals surface area contributed by atoms with Gasteiger partial charge in [0.1, 0.15) is 6.26 Å². The Balaban J connectivity index is 2.94. The third kappa shape index (κ3) is 3.28. The van der Waals surface area contributed by atoms with Gasteiger partial charge in [-0.05, 0) is 0 Å². The first-order valence-electron chi connectivity index (χ1n) is 4.00. The Bertz CT molecular complexity index is 422. The molecule has 1 rings (SSSR count). The summed E-state index contributed by atoms with van der Waals surface area (Å²) in [6.07, 6.45) is -16.7. The molecule has 0 aliphatic heterocycles. The lowest BCUT2D eigenvalue weighted by molar-refractivity contribution is -0.303. The van der Waals surface area contributed by atoms with Gasteiger partial charge in [0.05, 0.1) is 0 Å². The average molecular weight is 279 g/mol. The summed E-state index contributed by atoms with van der Waals surface area (Å²) in [6.45, 7) is 0. The van der Waals surface area contributed by atoms with Crippen LogP contribution in [-0.4, -0.2) is 34.5 Å². The number of rotatable bonds is 3. The Morgan fingerprint density at radius 1 is 1.28 bits per heavy atom. The minimum absolute atomic E-state index is 0.349. The molecule has 5 nitrogen and oxygen atoms in total. The number of nitrogens with zero attached hydrogens (tertiary/aromatic N) is 1. The quantitative estimate of drug-likeness (QED) is 0.859. The van der Waals surface area contributed by atoms with Crippen LogP contribution in [0.25, 0.3) is 0 Å². The molecule has 0 unspecified atom stereocenters. The van der Waals surface area contributed by atoms with Crippen molar-refractivity contribution < 1.29 is 45.4 Å². The van der Waals surface area contributed by atoms with Gasteiger partial charge in [0, 0.05) is 0 Å². The lowest BCUT2D eigenvalue weighted by Crippen LogP contribution is -2.46. The fraction of sp³-hybridized carbons (Fsp3) is 0.429. The Labute approximate surface area is 94.0 Å². The average Bonchev–Trinajstić information content (AvgIpc) is 2.58. The number of oxazole rings is 1. The molecule has 0 bridgehead atoms. The van der Waals surface area contributed by atoms with Gasteiger partial charge in [0.25, 0.3) is 6.10 Å². The Morgan fingerprint density at radius 2 is 1.78 bits per heavy atom. The maximum absolute atomic E-state index is 12.0. The fourth-order valence-corrected chi connectivity index (χ4v) is 0.830. The van der Waals surface area contributed by atoms with Gasteiger partial charge < -0.3 is 14.3 Å². The Hall–Kier alpha value is -1.94. The number of hydrogen-bond donors (Lipinski definition) is 1. The molecule has 0 aliphatic carbocycles. The van der Waals surface area contributed by atoms with Crippen LogP contribution in [0.5, 0.6) is 6.08 Å². The first-order chi connectivity index (χ1) is 8.01. The molecule has 1 N–H and O–H groups in total. The normalized spacial score (nSPS) is 12.8. The van der Waals surface area contributed by atoms with E-state index in [1.54, 1.807) is 0 Å². The first kappa shape index (κ1) is 14.1. The second-order valence-corrected chi connectivity index (χ2v) is 2.88. The van der Waals surface area contributed by atoms with Crippen molar-refractivity contribution in [3.05, 3.63) is 12.0 Å². The summed E-state index contributed by atoms with van der Waals surface area (Å²) in [6, 6.07) is 0. The van der Waals surface area contributed by atoms with E-state index in [9.17, 15) is 31.1 Å². The molecule has 0 spiro atoms. The largest absolute Gasteiger partial charge is 0.476 e. The van der Waals surface area contributed by atoms with Gasteiger partial charge in [0.15, 0.2) is 5.69 Å². The predicted octanol–water partition coefficient (Wildman–Crippen LogP) is 2.24. The first-order valence-corrected chi connectivity index (χ1v) is 4.00. The van der Waals surface area contributed by atoms with Gasteiger partial charge in [-0.15, -0.1) is 0 Å². The highest BCUT2D eigenvalue weighted by Gasteiger charge is 2.59. The van der Waals surface area contributed by atoms with Gasteiger partial charge in [-0.25, -0.2) is 4.79 Å².